The molecule has 0 unspecified atom stereocenters. The summed E-state index contributed by atoms with van der Waals surface area (Å²) >= 11 is 5.14. The Morgan fingerprint density at radius 1 is 1.21 bits per heavy atom. The molecule has 0 N–H and O–H groups in total. The summed E-state index contributed by atoms with van der Waals surface area (Å²) in [6, 6.07) is 15.6. The molecule has 2 aromatic rings. The Morgan fingerprint density at radius 2 is 2.00 bits per heavy atom. The zero-order valence-electron chi connectivity index (χ0n) is 10.4. The minimum Gasteiger partial charge on any atom is -0.465 e. The van der Waals surface area contributed by atoms with Crippen LogP contribution in [-0.2, 0) is 10.5 Å². The molecule has 0 fully saturated rings. The SMILES string of the molecule is COC(=O)c1ccccc1CSc1cccc(Br)c1. The molecule has 0 bridgehead atoms. The summed E-state index contributed by atoms with van der Waals surface area (Å²) in [7, 11) is 1.40. The number of halogens is 1. The van der Waals surface area contributed by atoms with Crippen LogP contribution in [0.1, 0.15) is 15.9 Å². The highest BCUT2D eigenvalue weighted by atomic mass is 79.9. The number of hydrogen-bond donors (Lipinski definition) is 0. The summed E-state index contributed by atoms with van der Waals surface area (Å²) in [6.07, 6.45) is 0. The van der Waals surface area contributed by atoms with Crippen molar-refractivity contribution in [2.45, 2.75) is 10.6 Å². The molecule has 0 aliphatic carbocycles. The fourth-order valence-corrected chi connectivity index (χ4v) is 3.18. The molecule has 2 nitrogen and oxygen atoms in total. The fourth-order valence-electron chi connectivity index (χ4n) is 1.67. The van der Waals surface area contributed by atoms with Crippen LogP contribution in [0, 0.1) is 0 Å². The van der Waals surface area contributed by atoms with Crippen molar-refractivity contribution in [1.29, 1.82) is 0 Å². The Hall–Kier alpha value is -1.26. The minimum atomic E-state index is -0.287. The van der Waals surface area contributed by atoms with Crippen LogP contribution in [0.25, 0.3) is 0 Å². The number of carbonyl (C=O) groups excluding carboxylic acids is 1. The van der Waals surface area contributed by atoms with Gasteiger partial charge in [-0.1, -0.05) is 40.2 Å². The van der Waals surface area contributed by atoms with Crippen LogP contribution in [0.5, 0.6) is 0 Å². The van der Waals surface area contributed by atoms with E-state index in [9.17, 15) is 4.79 Å². The van der Waals surface area contributed by atoms with Crippen LogP contribution in [-0.4, -0.2) is 13.1 Å². The number of carbonyl (C=O) groups is 1. The molecule has 98 valence electrons. The molecule has 0 atom stereocenters. The topological polar surface area (TPSA) is 26.3 Å². The third kappa shape index (κ3) is 3.85. The first-order valence-corrected chi connectivity index (χ1v) is 7.53. The number of benzene rings is 2. The summed E-state index contributed by atoms with van der Waals surface area (Å²) in [5, 5.41) is 0. The molecular weight excluding hydrogens is 324 g/mol. The van der Waals surface area contributed by atoms with Gasteiger partial charge in [0.1, 0.15) is 0 Å². The van der Waals surface area contributed by atoms with Crippen LogP contribution < -0.4 is 0 Å². The van der Waals surface area contributed by atoms with E-state index >= 15 is 0 Å². The Balaban J connectivity index is 2.13. The standard InChI is InChI=1S/C15H13BrO2S/c1-18-15(17)14-8-3-2-5-11(14)10-19-13-7-4-6-12(16)9-13/h2-9H,10H2,1H3. The van der Waals surface area contributed by atoms with Gasteiger partial charge in [0.2, 0.25) is 0 Å². The van der Waals surface area contributed by atoms with E-state index in [1.54, 1.807) is 17.8 Å². The van der Waals surface area contributed by atoms with E-state index in [0.29, 0.717) is 5.56 Å². The Kier molecular flexibility index (Phi) is 5.05. The average Bonchev–Trinajstić information content (AvgIpc) is 2.45. The first-order chi connectivity index (χ1) is 9.20. The lowest BCUT2D eigenvalue weighted by Crippen LogP contribution is -2.04. The maximum Gasteiger partial charge on any atom is 0.338 e. The van der Waals surface area contributed by atoms with Crippen molar-refractivity contribution < 1.29 is 9.53 Å². The molecule has 0 radical (unpaired) electrons. The molecule has 0 saturated heterocycles. The van der Waals surface area contributed by atoms with Crippen molar-refractivity contribution in [3.8, 4) is 0 Å². The maximum absolute atomic E-state index is 11.7. The van der Waals surface area contributed by atoms with E-state index < -0.39 is 0 Å². The second-order valence-corrected chi connectivity index (χ2v) is 5.86. The van der Waals surface area contributed by atoms with Crippen LogP contribution in [0.15, 0.2) is 57.9 Å². The number of ether oxygens (including phenoxy) is 1. The fraction of sp³-hybridized carbons (Fsp3) is 0.133. The molecule has 2 aromatic carbocycles. The summed E-state index contributed by atoms with van der Waals surface area (Å²) in [5.74, 6) is 0.451. The van der Waals surface area contributed by atoms with Crippen LogP contribution in [0.2, 0.25) is 0 Å². The number of rotatable bonds is 4. The Labute approximate surface area is 125 Å². The van der Waals surface area contributed by atoms with Crippen molar-refractivity contribution in [1.82, 2.24) is 0 Å². The predicted octanol–water partition coefficient (Wildman–Crippen LogP) is 4.53. The lowest BCUT2D eigenvalue weighted by Gasteiger charge is -2.07. The zero-order valence-corrected chi connectivity index (χ0v) is 12.8. The smallest absolute Gasteiger partial charge is 0.338 e. The van der Waals surface area contributed by atoms with Gasteiger partial charge in [0.05, 0.1) is 12.7 Å². The maximum atomic E-state index is 11.7. The van der Waals surface area contributed by atoms with Gasteiger partial charge >= 0.3 is 5.97 Å². The second-order valence-electron chi connectivity index (χ2n) is 3.89. The summed E-state index contributed by atoms with van der Waals surface area (Å²) < 4.78 is 5.85. The molecular formula is C15H13BrO2S. The number of thioether (sulfide) groups is 1. The molecule has 0 spiro atoms. The monoisotopic (exact) mass is 336 g/mol. The Bertz CT molecular complexity index is 584. The summed E-state index contributed by atoms with van der Waals surface area (Å²) in [4.78, 5) is 12.8. The Morgan fingerprint density at radius 3 is 2.74 bits per heavy atom. The highest BCUT2D eigenvalue weighted by Crippen LogP contribution is 2.26. The molecule has 2 rings (SSSR count). The first-order valence-electron chi connectivity index (χ1n) is 5.75. The van der Waals surface area contributed by atoms with Gasteiger partial charge in [-0.2, -0.15) is 0 Å². The van der Waals surface area contributed by atoms with Crippen LogP contribution >= 0.6 is 27.7 Å². The van der Waals surface area contributed by atoms with Gasteiger partial charge in [-0.05, 0) is 29.8 Å². The predicted molar refractivity (Wildman–Crippen MR) is 81.5 cm³/mol. The molecule has 0 aromatic heterocycles. The summed E-state index contributed by atoms with van der Waals surface area (Å²) in [5.41, 5.74) is 1.62. The van der Waals surface area contributed by atoms with Crippen molar-refractivity contribution in [3.63, 3.8) is 0 Å². The van der Waals surface area contributed by atoms with Crippen molar-refractivity contribution in [3.05, 3.63) is 64.1 Å². The molecule has 0 aliphatic heterocycles. The van der Waals surface area contributed by atoms with E-state index in [-0.39, 0.29) is 5.97 Å². The van der Waals surface area contributed by atoms with Gasteiger partial charge < -0.3 is 4.74 Å². The van der Waals surface area contributed by atoms with Gasteiger partial charge in [-0.15, -0.1) is 11.8 Å². The number of methoxy groups -OCH3 is 1. The van der Waals surface area contributed by atoms with Gasteiger partial charge in [0, 0.05) is 15.1 Å². The van der Waals surface area contributed by atoms with Gasteiger partial charge in [-0.25, -0.2) is 4.79 Å². The summed E-state index contributed by atoms with van der Waals surface area (Å²) in [6.45, 7) is 0. The highest BCUT2D eigenvalue weighted by molar-refractivity contribution is 9.10. The van der Waals surface area contributed by atoms with Crippen molar-refractivity contribution >= 4 is 33.7 Å². The zero-order chi connectivity index (χ0) is 13.7. The third-order valence-corrected chi connectivity index (χ3v) is 4.15. The largest absolute Gasteiger partial charge is 0.465 e. The van der Waals surface area contributed by atoms with E-state index in [1.165, 1.54) is 7.11 Å². The lowest BCUT2D eigenvalue weighted by atomic mass is 10.1. The quantitative estimate of drug-likeness (QED) is 0.606. The normalized spacial score (nSPS) is 10.2. The minimum absolute atomic E-state index is 0.287. The second kappa shape index (κ2) is 6.78. The van der Waals surface area contributed by atoms with E-state index in [2.05, 4.69) is 28.1 Å². The number of esters is 1. The average molecular weight is 337 g/mol. The molecule has 4 heteroatoms. The first kappa shape index (κ1) is 14.2. The molecule has 0 aliphatic rings. The van der Waals surface area contributed by atoms with Crippen molar-refractivity contribution in [2.75, 3.05) is 7.11 Å². The highest BCUT2D eigenvalue weighted by Gasteiger charge is 2.10. The molecule has 0 saturated carbocycles. The van der Waals surface area contributed by atoms with E-state index in [0.717, 1.165) is 20.7 Å². The molecule has 0 heterocycles. The molecule has 19 heavy (non-hydrogen) atoms. The van der Waals surface area contributed by atoms with Crippen molar-refractivity contribution in [2.24, 2.45) is 0 Å². The number of hydrogen-bond acceptors (Lipinski definition) is 3. The van der Waals surface area contributed by atoms with Gasteiger partial charge in [0.15, 0.2) is 0 Å². The van der Waals surface area contributed by atoms with Crippen LogP contribution in [0.3, 0.4) is 0 Å². The van der Waals surface area contributed by atoms with Crippen LogP contribution in [0.4, 0.5) is 0 Å². The third-order valence-electron chi connectivity index (χ3n) is 2.61. The van der Waals surface area contributed by atoms with Gasteiger partial charge in [-0.3, -0.25) is 0 Å². The van der Waals surface area contributed by atoms with E-state index in [1.807, 2.05) is 30.3 Å². The lowest BCUT2D eigenvalue weighted by molar-refractivity contribution is 0.0600. The van der Waals surface area contributed by atoms with Gasteiger partial charge in [0.25, 0.3) is 0 Å². The molecule has 0 amide bonds. The van der Waals surface area contributed by atoms with E-state index in [4.69, 9.17) is 4.74 Å².